The van der Waals surface area contributed by atoms with E-state index in [1.165, 1.54) is 148 Å². The molecule has 0 N–H and O–H groups in total. The Bertz CT molecular complexity index is 1530. The van der Waals surface area contributed by atoms with E-state index in [1.807, 2.05) is 0 Å². The quantitative estimate of drug-likeness (QED) is 0.0261. The van der Waals surface area contributed by atoms with Crippen LogP contribution in [0.15, 0.2) is 97.2 Å². The van der Waals surface area contributed by atoms with Crippen LogP contribution in [0.25, 0.3) is 0 Å². The molecule has 0 aliphatic heterocycles. The first-order valence-electron chi connectivity index (χ1n) is 33.2. The van der Waals surface area contributed by atoms with Gasteiger partial charge in [0.15, 0.2) is 6.10 Å². The molecule has 0 rings (SSSR count). The van der Waals surface area contributed by atoms with E-state index in [1.54, 1.807) is 0 Å². The standard InChI is InChI=1S/C72H124O6/c1-4-7-10-13-16-19-22-25-28-30-32-34-36-38-39-41-44-47-50-53-56-59-62-65-71(74)77-68-69(67-76-70(73)64-61-58-55-52-49-46-43-27-24-21-18-15-12-9-6-3)78-72(75)66-63-60-57-54-51-48-45-42-40-37-35-33-31-29-26-23-20-17-14-11-8-5-2/h7,9-10,12,16,18-19,21,25,27-28,32,34,38-39,43,69H,4-6,8,11,13-15,17,20,22-24,26,29-31,33,35-37,40-42,44-68H2,1-3H3/b10-7-,12-9-,19-16-,21-18-,28-25-,34-32-,39-38-,43-27-. The van der Waals surface area contributed by atoms with Crippen molar-refractivity contribution in [3.8, 4) is 0 Å². The molecule has 0 amide bonds. The van der Waals surface area contributed by atoms with E-state index in [4.69, 9.17) is 14.2 Å². The number of unbranched alkanes of at least 4 members (excludes halogenated alkanes) is 33. The number of hydrogen-bond donors (Lipinski definition) is 0. The third-order valence-corrected chi connectivity index (χ3v) is 14.3. The van der Waals surface area contributed by atoms with Gasteiger partial charge in [-0.05, 0) is 96.3 Å². The second-order valence-electron chi connectivity index (χ2n) is 22.0. The summed E-state index contributed by atoms with van der Waals surface area (Å²) in [5.74, 6) is -0.900. The minimum Gasteiger partial charge on any atom is -0.462 e. The molecule has 78 heavy (non-hydrogen) atoms. The molecular weight excluding hydrogens is 961 g/mol. The van der Waals surface area contributed by atoms with E-state index in [-0.39, 0.29) is 31.1 Å². The van der Waals surface area contributed by atoms with Crippen molar-refractivity contribution in [1.82, 2.24) is 0 Å². The van der Waals surface area contributed by atoms with Gasteiger partial charge in [0.25, 0.3) is 0 Å². The lowest BCUT2D eigenvalue weighted by Gasteiger charge is -2.18. The Balaban J connectivity index is 4.37. The van der Waals surface area contributed by atoms with Crippen molar-refractivity contribution in [2.24, 2.45) is 0 Å². The van der Waals surface area contributed by atoms with Crippen LogP contribution >= 0.6 is 0 Å². The Kier molecular flexibility index (Phi) is 62.7. The normalized spacial score (nSPS) is 12.7. The Morgan fingerprint density at radius 1 is 0.269 bits per heavy atom. The molecule has 6 heteroatoms. The molecule has 0 aromatic carbocycles. The van der Waals surface area contributed by atoms with E-state index >= 15 is 0 Å². The lowest BCUT2D eigenvalue weighted by atomic mass is 10.0. The zero-order chi connectivity index (χ0) is 56.4. The molecule has 0 aliphatic rings. The molecule has 0 heterocycles. The van der Waals surface area contributed by atoms with Gasteiger partial charge < -0.3 is 14.2 Å². The summed E-state index contributed by atoms with van der Waals surface area (Å²) in [6.45, 7) is 6.43. The maximum absolute atomic E-state index is 12.9. The van der Waals surface area contributed by atoms with Gasteiger partial charge in [0.05, 0.1) is 0 Å². The van der Waals surface area contributed by atoms with Crippen LogP contribution < -0.4 is 0 Å². The zero-order valence-corrected chi connectivity index (χ0v) is 51.4. The monoisotopic (exact) mass is 1080 g/mol. The van der Waals surface area contributed by atoms with Crippen LogP contribution in [0.5, 0.6) is 0 Å². The average molecular weight is 1090 g/mol. The molecule has 0 saturated carbocycles. The van der Waals surface area contributed by atoms with Crippen molar-refractivity contribution in [2.45, 2.75) is 329 Å². The lowest BCUT2D eigenvalue weighted by Crippen LogP contribution is -2.30. The summed E-state index contributed by atoms with van der Waals surface area (Å²) < 4.78 is 16.9. The number of rotatable bonds is 60. The van der Waals surface area contributed by atoms with Crippen molar-refractivity contribution in [2.75, 3.05) is 13.2 Å². The summed E-state index contributed by atoms with van der Waals surface area (Å²) in [5, 5.41) is 0. The van der Waals surface area contributed by atoms with Gasteiger partial charge in [-0.1, -0.05) is 304 Å². The summed E-state index contributed by atoms with van der Waals surface area (Å²) in [6, 6.07) is 0. The Hall–Kier alpha value is -3.67. The lowest BCUT2D eigenvalue weighted by molar-refractivity contribution is -0.167. The van der Waals surface area contributed by atoms with Gasteiger partial charge in [-0.2, -0.15) is 0 Å². The van der Waals surface area contributed by atoms with E-state index in [0.29, 0.717) is 19.3 Å². The van der Waals surface area contributed by atoms with Crippen LogP contribution in [-0.2, 0) is 28.6 Å². The molecule has 1 unspecified atom stereocenters. The van der Waals surface area contributed by atoms with Crippen LogP contribution in [0, 0.1) is 0 Å². The molecular formula is C72H124O6. The van der Waals surface area contributed by atoms with E-state index in [9.17, 15) is 14.4 Å². The molecule has 0 aromatic rings. The van der Waals surface area contributed by atoms with E-state index < -0.39 is 6.10 Å². The number of hydrogen-bond acceptors (Lipinski definition) is 6. The minimum absolute atomic E-state index is 0.0872. The van der Waals surface area contributed by atoms with Gasteiger partial charge in [0.2, 0.25) is 0 Å². The number of carbonyl (C=O) groups is 3. The zero-order valence-electron chi connectivity index (χ0n) is 51.4. The fourth-order valence-corrected chi connectivity index (χ4v) is 9.43. The summed E-state index contributed by atoms with van der Waals surface area (Å²) in [7, 11) is 0. The topological polar surface area (TPSA) is 78.9 Å². The van der Waals surface area contributed by atoms with E-state index in [2.05, 4.69) is 118 Å². The number of carbonyl (C=O) groups excluding carboxylic acids is 3. The van der Waals surface area contributed by atoms with Crippen LogP contribution in [0.1, 0.15) is 323 Å². The second-order valence-corrected chi connectivity index (χ2v) is 22.0. The van der Waals surface area contributed by atoms with Crippen molar-refractivity contribution in [1.29, 1.82) is 0 Å². The van der Waals surface area contributed by atoms with Gasteiger partial charge in [0, 0.05) is 19.3 Å². The second kappa shape index (κ2) is 65.8. The van der Waals surface area contributed by atoms with Crippen LogP contribution in [0.4, 0.5) is 0 Å². The highest BCUT2D eigenvalue weighted by atomic mass is 16.6. The Labute approximate surface area is 483 Å². The molecule has 0 aliphatic carbocycles. The minimum atomic E-state index is -0.791. The van der Waals surface area contributed by atoms with Gasteiger partial charge in [-0.15, -0.1) is 0 Å². The Morgan fingerprint density at radius 3 is 0.782 bits per heavy atom. The summed E-state index contributed by atoms with van der Waals surface area (Å²) >= 11 is 0. The third kappa shape index (κ3) is 63.2. The van der Waals surface area contributed by atoms with Gasteiger partial charge in [0.1, 0.15) is 13.2 Å². The van der Waals surface area contributed by atoms with Crippen LogP contribution in [-0.4, -0.2) is 37.2 Å². The predicted molar refractivity (Wildman–Crippen MR) is 339 cm³/mol. The van der Waals surface area contributed by atoms with Gasteiger partial charge in [-0.25, -0.2) is 0 Å². The van der Waals surface area contributed by atoms with Gasteiger partial charge >= 0.3 is 17.9 Å². The molecule has 1 atom stereocenters. The molecule has 6 nitrogen and oxygen atoms in total. The number of ether oxygens (including phenoxy) is 3. The maximum Gasteiger partial charge on any atom is 0.306 e. The fourth-order valence-electron chi connectivity index (χ4n) is 9.43. The highest BCUT2D eigenvalue weighted by Gasteiger charge is 2.19. The summed E-state index contributed by atoms with van der Waals surface area (Å²) in [5.41, 5.74) is 0. The molecule has 0 saturated heterocycles. The first kappa shape index (κ1) is 74.3. The average Bonchev–Trinajstić information content (AvgIpc) is 3.44. The molecule has 0 spiro atoms. The first-order valence-corrected chi connectivity index (χ1v) is 33.2. The van der Waals surface area contributed by atoms with Crippen molar-refractivity contribution in [3.05, 3.63) is 97.2 Å². The third-order valence-electron chi connectivity index (χ3n) is 14.3. The SMILES string of the molecule is CC/C=C\C/C=C\C/C=C\C/C=C\C/C=C\CCCCCCCCCC(=O)OCC(COC(=O)CCCCCCC/C=C\C/C=C\C/C=C\CC)OC(=O)CCCCCCCCCCCCCCCCCCCCCCCC. The predicted octanol–water partition coefficient (Wildman–Crippen LogP) is 22.8. The molecule has 448 valence electrons. The fraction of sp³-hybridized carbons (Fsp3) is 0.736. The maximum atomic E-state index is 12.9. The van der Waals surface area contributed by atoms with Crippen molar-refractivity contribution >= 4 is 17.9 Å². The highest BCUT2D eigenvalue weighted by molar-refractivity contribution is 5.71. The number of esters is 3. The van der Waals surface area contributed by atoms with Crippen LogP contribution in [0.2, 0.25) is 0 Å². The largest absolute Gasteiger partial charge is 0.462 e. The van der Waals surface area contributed by atoms with Gasteiger partial charge in [-0.3, -0.25) is 14.4 Å². The first-order chi connectivity index (χ1) is 38.5. The van der Waals surface area contributed by atoms with Crippen molar-refractivity contribution in [3.63, 3.8) is 0 Å². The molecule has 0 bridgehead atoms. The molecule has 0 radical (unpaired) electrons. The van der Waals surface area contributed by atoms with E-state index in [0.717, 1.165) is 135 Å². The number of allylic oxidation sites excluding steroid dienone is 16. The highest BCUT2D eigenvalue weighted by Crippen LogP contribution is 2.17. The molecule has 0 aromatic heterocycles. The van der Waals surface area contributed by atoms with Crippen LogP contribution in [0.3, 0.4) is 0 Å². The smallest absolute Gasteiger partial charge is 0.306 e. The Morgan fingerprint density at radius 2 is 0.500 bits per heavy atom. The molecule has 0 fully saturated rings. The summed E-state index contributed by atoms with van der Waals surface area (Å²) in [4.78, 5) is 38.4. The summed E-state index contributed by atoms with van der Waals surface area (Å²) in [6.07, 6.45) is 88.5. The van der Waals surface area contributed by atoms with Crippen molar-refractivity contribution < 1.29 is 28.6 Å².